The minimum atomic E-state index is -1.07. The SMILES string of the molecule is CCc1cc(C(=O)OF)ccc1NC(=O)Oc1cccc(C2(CC)CCCCN(C)C2)c1. The maximum absolute atomic E-state index is 12.6. The van der Waals surface area contributed by atoms with E-state index in [0.29, 0.717) is 23.4 Å². The average Bonchev–Trinajstić information content (AvgIpc) is 3.00. The first kappa shape index (κ1) is 23.7. The summed E-state index contributed by atoms with van der Waals surface area (Å²) in [5.74, 6) is -0.588. The molecule has 1 unspecified atom stereocenters. The van der Waals surface area contributed by atoms with Crippen LogP contribution in [0.4, 0.5) is 15.0 Å². The Balaban J connectivity index is 1.76. The number of nitrogens with zero attached hydrogens (tertiary/aromatic N) is 1. The van der Waals surface area contributed by atoms with Gasteiger partial charge in [-0.1, -0.05) is 32.4 Å². The van der Waals surface area contributed by atoms with Crippen molar-refractivity contribution in [3.63, 3.8) is 0 Å². The first-order valence-electron chi connectivity index (χ1n) is 11.1. The molecule has 0 saturated carbocycles. The Morgan fingerprint density at radius 2 is 1.97 bits per heavy atom. The summed E-state index contributed by atoms with van der Waals surface area (Å²) >= 11 is 0. The van der Waals surface area contributed by atoms with E-state index in [1.165, 1.54) is 36.6 Å². The zero-order chi connectivity index (χ0) is 23.1. The van der Waals surface area contributed by atoms with Gasteiger partial charge in [0.1, 0.15) is 5.75 Å². The average molecular weight is 443 g/mol. The van der Waals surface area contributed by atoms with Crippen molar-refractivity contribution in [2.24, 2.45) is 0 Å². The number of ether oxygens (including phenoxy) is 1. The van der Waals surface area contributed by atoms with Gasteiger partial charge in [-0.05, 0) is 80.7 Å². The van der Waals surface area contributed by atoms with Crippen molar-refractivity contribution >= 4 is 17.7 Å². The van der Waals surface area contributed by atoms with Crippen LogP contribution in [-0.2, 0) is 16.8 Å². The quantitative estimate of drug-likeness (QED) is 0.625. The van der Waals surface area contributed by atoms with E-state index in [2.05, 4.69) is 35.2 Å². The van der Waals surface area contributed by atoms with E-state index in [1.54, 1.807) is 6.07 Å². The monoisotopic (exact) mass is 442 g/mol. The fourth-order valence-electron chi connectivity index (χ4n) is 4.56. The molecule has 0 bridgehead atoms. The fraction of sp³-hybridized carbons (Fsp3) is 0.440. The lowest BCUT2D eigenvalue weighted by Gasteiger charge is -2.35. The first-order valence-corrected chi connectivity index (χ1v) is 11.1. The summed E-state index contributed by atoms with van der Waals surface area (Å²) < 4.78 is 17.8. The third kappa shape index (κ3) is 5.46. The van der Waals surface area contributed by atoms with Gasteiger partial charge in [0.2, 0.25) is 0 Å². The Hall–Kier alpha value is -2.93. The van der Waals surface area contributed by atoms with Crippen molar-refractivity contribution < 1.29 is 23.8 Å². The maximum Gasteiger partial charge on any atom is 0.417 e. The molecule has 1 atom stereocenters. The molecule has 1 amide bonds. The second kappa shape index (κ2) is 10.6. The minimum Gasteiger partial charge on any atom is -0.410 e. The normalized spacial score (nSPS) is 19.1. The molecule has 1 heterocycles. The standard InChI is InChI=1S/C25H31FN2O4/c1-4-18-15-19(23(29)32-26)11-12-22(18)27-24(30)31-21-10-8-9-20(16-21)25(5-2)13-6-7-14-28(3)17-25/h8-12,15-16H,4-7,13-14,17H2,1-3H3,(H,27,30). The van der Waals surface area contributed by atoms with Gasteiger partial charge in [-0.25, -0.2) is 14.5 Å². The van der Waals surface area contributed by atoms with E-state index >= 15 is 0 Å². The number of hydrogen-bond donors (Lipinski definition) is 1. The lowest BCUT2D eigenvalue weighted by atomic mass is 9.74. The number of hydrogen-bond acceptors (Lipinski definition) is 5. The van der Waals surface area contributed by atoms with Crippen LogP contribution in [0.3, 0.4) is 0 Å². The number of amides is 1. The lowest BCUT2D eigenvalue weighted by Crippen LogP contribution is -2.37. The summed E-state index contributed by atoms with van der Waals surface area (Å²) in [6, 6.07) is 12.2. The summed E-state index contributed by atoms with van der Waals surface area (Å²) in [5.41, 5.74) is 2.47. The molecule has 0 spiro atoms. The van der Waals surface area contributed by atoms with Crippen LogP contribution < -0.4 is 10.1 Å². The second-order valence-corrected chi connectivity index (χ2v) is 8.46. The van der Waals surface area contributed by atoms with Gasteiger partial charge in [0.15, 0.2) is 0 Å². The number of rotatable bonds is 6. The number of benzene rings is 2. The molecule has 1 N–H and O–H groups in total. The molecular formula is C25H31FN2O4. The second-order valence-electron chi connectivity index (χ2n) is 8.46. The van der Waals surface area contributed by atoms with Crippen molar-refractivity contribution in [1.82, 2.24) is 4.90 Å². The molecule has 0 radical (unpaired) electrons. The largest absolute Gasteiger partial charge is 0.417 e. The fourth-order valence-corrected chi connectivity index (χ4v) is 4.56. The van der Waals surface area contributed by atoms with E-state index < -0.39 is 12.1 Å². The van der Waals surface area contributed by atoms with Gasteiger partial charge in [0, 0.05) is 22.2 Å². The maximum atomic E-state index is 12.6. The highest BCUT2D eigenvalue weighted by Gasteiger charge is 2.33. The molecule has 3 rings (SSSR count). The zero-order valence-electron chi connectivity index (χ0n) is 18.9. The van der Waals surface area contributed by atoms with Crippen LogP contribution in [0.2, 0.25) is 0 Å². The van der Waals surface area contributed by atoms with Crippen LogP contribution in [0.1, 0.15) is 61.0 Å². The number of likely N-dealkylation sites (tertiary alicyclic amines) is 1. The van der Waals surface area contributed by atoms with Crippen molar-refractivity contribution in [1.29, 1.82) is 0 Å². The van der Waals surface area contributed by atoms with E-state index in [9.17, 15) is 14.1 Å². The Morgan fingerprint density at radius 3 is 2.69 bits per heavy atom. The predicted octanol–water partition coefficient (Wildman–Crippen LogP) is 5.66. The van der Waals surface area contributed by atoms with Gasteiger partial charge in [0.25, 0.3) is 0 Å². The summed E-state index contributed by atoms with van der Waals surface area (Å²) in [6.45, 7) is 6.16. The lowest BCUT2D eigenvalue weighted by molar-refractivity contribution is -0.0788. The molecule has 172 valence electrons. The van der Waals surface area contributed by atoms with Gasteiger partial charge in [-0.15, -0.1) is 0 Å². The van der Waals surface area contributed by atoms with Crippen molar-refractivity contribution in [2.75, 3.05) is 25.5 Å². The molecule has 32 heavy (non-hydrogen) atoms. The Bertz CT molecular complexity index is 965. The van der Waals surface area contributed by atoms with Crippen LogP contribution in [0.5, 0.6) is 5.75 Å². The molecule has 6 nitrogen and oxygen atoms in total. The molecule has 2 aromatic carbocycles. The number of nitrogens with one attached hydrogen (secondary N) is 1. The van der Waals surface area contributed by atoms with Gasteiger partial charge in [-0.2, -0.15) is 0 Å². The van der Waals surface area contributed by atoms with Gasteiger partial charge >= 0.3 is 12.1 Å². The smallest absolute Gasteiger partial charge is 0.410 e. The molecule has 0 aromatic heterocycles. The Morgan fingerprint density at radius 1 is 1.16 bits per heavy atom. The molecule has 7 heteroatoms. The molecule has 1 fully saturated rings. The number of likely N-dealkylation sites (N-methyl/N-ethyl adjacent to an activating group) is 1. The van der Waals surface area contributed by atoms with E-state index in [0.717, 1.165) is 25.9 Å². The third-order valence-electron chi connectivity index (χ3n) is 6.38. The molecule has 0 aliphatic carbocycles. The molecule has 1 aliphatic heterocycles. The zero-order valence-corrected chi connectivity index (χ0v) is 18.9. The Labute approximate surface area is 188 Å². The van der Waals surface area contributed by atoms with Crippen LogP contribution in [0.25, 0.3) is 0 Å². The van der Waals surface area contributed by atoms with Crippen molar-refractivity contribution in [3.8, 4) is 5.75 Å². The molecule has 1 aliphatic rings. The summed E-state index contributed by atoms with van der Waals surface area (Å²) in [6.07, 6.45) is 4.40. The van der Waals surface area contributed by atoms with Crippen molar-refractivity contribution in [3.05, 3.63) is 59.2 Å². The number of aryl methyl sites for hydroxylation is 1. The molecule has 2 aromatic rings. The van der Waals surface area contributed by atoms with Crippen LogP contribution in [0.15, 0.2) is 42.5 Å². The predicted molar refractivity (Wildman–Crippen MR) is 122 cm³/mol. The van der Waals surface area contributed by atoms with Crippen LogP contribution >= 0.6 is 0 Å². The first-order chi connectivity index (χ1) is 15.4. The van der Waals surface area contributed by atoms with E-state index in [4.69, 9.17) is 4.74 Å². The molecular weight excluding hydrogens is 411 g/mol. The topological polar surface area (TPSA) is 67.9 Å². The summed E-state index contributed by atoms with van der Waals surface area (Å²) in [4.78, 5) is 29.6. The summed E-state index contributed by atoms with van der Waals surface area (Å²) in [5, 5.41) is 2.72. The molecule has 1 saturated heterocycles. The minimum absolute atomic E-state index is 0.0390. The highest BCUT2D eigenvalue weighted by molar-refractivity contribution is 5.92. The number of anilines is 1. The Kier molecular flexibility index (Phi) is 7.85. The van der Waals surface area contributed by atoms with Crippen molar-refractivity contribution in [2.45, 2.75) is 51.4 Å². The van der Waals surface area contributed by atoms with Gasteiger partial charge in [-0.3, -0.25) is 5.32 Å². The van der Waals surface area contributed by atoms with Crippen LogP contribution in [-0.4, -0.2) is 37.1 Å². The third-order valence-corrected chi connectivity index (χ3v) is 6.38. The number of carbonyl (C=O) groups is 2. The van der Waals surface area contributed by atoms with Crippen LogP contribution in [0, 0.1) is 0 Å². The van der Waals surface area contributed by atoms with E-state index in [-0.39, 0.29) is 11.0 Å². The van der Waals surface area contributed by atoms with Gasteiger partial charge < -0.3 is 9.64 Å². The highest BCUT2D eigenvalue weighted by Crippen LogP contribution is 2.37. The summed E-state index contributed by atoms with van der Waals surface area (Å²) in [7, 11) is 2.16. The number of carbonyl (C=O) groups excluding carboxylic acids is 2. The number of halogens is 1. The highest BCUT2D eigenvalue weighted by atomic mass is 19.3. The van der Waals surface area contributed by atoms with Gasteiger partial charge in [0.05, 0.1) is 5.56 Å². The van der Waals surface area contributed by atoms with E-state index in [1.807, 2.05) is 19.1 Å².